The molecule has 0 bridgehead atoms. The molecule has 2 amide bonds. The van der Waals surface area contributed by atoms with Gasteiger partial charge in [0.05, 0.1) is 5.69 Å². The van der Waals surface area contributed by atoms with Crippen LogP contribution in [0.1, 0.15) is 13.8 Å². The molecule has 0 radical (unpaired) electrons. The zero-order valence-electron chi connectivity index (χ0n) is 10.7. The lowest BCUT2D eigenvalue weighted by molar-refractivity contribution is 0.217. The summed E-state index contributed by atoms with van der Waals surface area (Å²) in [5.41, 5.74) is 0.803. The van der Waals surface area contributed by atoms with Gasteiger partial charge in [0, 0.05) is 30.9 Å². The molecule has 1 aromatic carbocycles. The van der Waals surface area contributed by atoms with Gasteiger partial charge in [0.2, 0.25) is 0 Å². The van der Waals surface area contributed by atoms with E-state index in [9.17, 15) is 4.79 Å². The molecule has 0 saturated carbocycles. The third-order valence-electron chi connectivity index (χ3n) is 2.98. The van der Waals surface area contributed by atoms with E-state index in [1.54, 1.807) is 17.3 Å². The van der Waals surface area contributed by atoms with Crippen molar-refractivity contribution in [2.45, 2.75) is 13.8 Å². The molecule has 1 heterocycles. The number of aromatic nitrogens is 1. The third-order valence-corrected chi connectivity index (χ3v) is 2.98. The predicted molar refractivity (Wildman–Crippen MR) is 73.7 cm³/mol. The quantitative estimate of drug-likeness (QED) is 0.900. The van der Waals surface area contributed by atoms with Crippen LogP contribution in [0.2, 0.25) is 0 Å². The maximum absolute atomic E-state index is 12.0. The second-order valence-electron chi connectivity index (χ2n) is 4.00. The molecular weight excluding hydrogens is 226 g/mol. The van der Waals surface area contributed by atoms with E-state index in [1.807, 2.05) is 38.1 Å². The number of fused-ring (bicyclic) bond motifs is 1. The van der Waals surface area contributed by atoms with Gasteiger partial charge in [-0.25, -0.2) is 4.79 Å². The van der Waals surface area contributed by atoms with E-state index in [0.29, 0.717) is 13.1 Å². The van der Waals surface area contributed by atoms with Crippen LogP contribution in [0.25, 0.3) is 10.8 Å². The summed E-state index contributed by atoms with van der Waals surface area (Å²) in [5, 5.41) is 4.96. The zero-order chi connectivity index (χ0) is 13.0. The van der Waals surface area contributed by atoms with Gasteiger partial charge in [0.15, 0.2) is 0 Å². The molecule has 0 aliphatic carbocycles. The largest absolute Gasteiger partial charge is 0.325 e. The van der Waals surface area contributed by atoms with Crippen molar-refractivity contribution in [3.05, 3.63) is 36.7 Å². The minimum atomic E-state index is -0.0728. The SMILES string of the molecule is CCN(CC)C(=O)Nc1cccc2ccncc12. The standard InChI is InChI=1S/C14H17N3O/c1-3-17(4-2)14(18)16-13-7-5-6-11-8-9-15-10-12(11)13/h5-10H,3-4H2,1-2H3,(H,16,18). The van der Waals surface area contributed by atoms with Gasteiger partial charge >= 0.3 is 6.03 Å². The van der Waals surface area contributed by atoms with Crippen molar-refractivity contribution in [3.8, 4) is 0 Å². The topological polar surface area (TPSA) is 45.2 Å². The molecule has 4 nitrogen and oxygen atoms in total. The van der Waals surface area contributed by atoms with Crippen LogP contribution in [-0.4, -0.2) is 29.0 Å². The smallest absolute Gasteiger partial charge is 0.321 e. The van der Waals surface area contributed by atoms with Crippen LogP contribution in [0.5, 0.6) is 0 Å². The summed E-state index contributed by atoms with van der Waals surface area (Å²) in [7, 11) is 0. The maximum atomic E-state index is 12.0. The highest BCUT2D eigenvalue weighted by molar-refractivity contribution is 6.01. The van der Waals surface area contributed by atoms with Crippen molar-refractivity contribution in [2.24, 2.45) is 0 Å². The summed E-state index contributed by atoms with van der Waals surface area (Å²) < 4.78 is 0. The molecule has 0 aliphatic heterocycles. The lowest BCUT2D eigenvalue weighted by Gasteiger charge is -2.19. The van der Waals surface area contributed by atoms with Crippen molar-refractivity contribution < 1.29 is 4.79 Å². The van der Waals surface area contributed by atoms with Gasteiger partial charge < -0.3 is 10.2 Å². The molecule has 0 atom stereocenters. The minimum absolute atomic E-state index is 0.0728. The van der Waals surface area contributed by atoms with Crippen molar-refractivity contribution >= 4 is 22.5 Å². The average molecular weight is 243 g/mol. The van der Waals surface area contributed by atoms with Gasteiger partial charge in [-0.15, -0.1) is 0 Å². The number of benzene rings is 1. The number of carbonyl (C=O) groups excluding carboxylic acids is 1. The van der Waals surface area contributed by atoms with Crippen LogP contribution in [0.4, 0.5) is 10.5 Å². The Morgan fingerprint density at radius 2 is 2.06 bits per heavy atom. The number of nitrogens with one attached hydrogen (secondary N) is 1. The first-order chi connectivity index (χ1) is 8.76. The minimum Gasteiger partial charge on any atom is -0.325 e. The highest BCUT2D eigenvalue weighted by atomic mass is 16.2. The third kappa shape index (κ3) is 2.42. The van der Waals surface area contributed by atoms with E-state index in [-0.39, 0.29) is 6.03 Å². The van der Waals surface area contributed by atoms with Gasteiger partial charge in [-0.3, -0.25) is 4.98 Å². The molecule has 94 valence electrons. The Morgan fingerprint density at radius 1 is 1.28 bits per heavy atom. The van der Waals surface area contributed by atoms with Crippen LogP contribution >= 0.6 is 0 Å². The van der Waals surface area contributed by atoms with Gasteiger partial charge in [0.1, 0.15) is 0 Å². The Labute approximate surface area is 107 Å². The average Bonchev–Trinajstić information content (AvgIpc) is 2.40. The van der Waals surface area contributed by atoms with E-state index < -0.39 is 0 Å². The van der Waals surface area contributed by atoms with Crippen LogP contribution in [0, 0.1) is 0 Å². The van der Waals surface area contributed by atoms with Gasteiger partial charge in [-0.05, 0) is 31.4 Å². The Bertz CT molecular complexity index is 544. The number of hydrogen-bond donors (Lipinski definition) is 1. The molecule has 0 spiro atoms. The summed E-state index contributed by atoms with van der Waals surface area (Å²) in [5.74, 6) is 0. The predicted octanol–water partition coefficient (Wildman–Crippen LogP) is 3.11. The van der Waals surface area contributed by atoms with Gasteiger partial charge in [-0.2, -0.15) is 0 Å². The van der Waals surface area contributed by atoms with Crippen molar-refractivity contribution in [1.29, 1.82) is 0 Å². The molecule has 18 heavy (non-hydrogen) atoms. The van der Waals surface area contributed by atoms with E-state index in [0.717, 1.165) is 16.5 Å². The normalized spacial score (nSPS) is 10.3. The number of pyridine rings is 1. The molecule has 0 aliphatic rings. The summed E-state index contributed by atoms with van der Waals surface area (Å²) in [6.45, 7) is 5.33. The Kier molecular flexibility index (Phi) is 3.77. The number of nitrogens with zero attached hydrogens (tertiary/aromatic N) is 2. The fourth-order valence-corrected chi connectivity index (χ4v) is 1.93. The monoisotopic (exact) mass is 243 g/mol. The second-order valence-corrected chi connectivity index (χ2v) is 4.00. The first-order valence-corrected chi connectivity index (χ1v) is 6.15. The van der Waals surface area contributed by atoms with Crippen molar-refractivity contribution in [1.82, 2.24) is 9.88 Å². The zero-order valence-corrected chi connectivity index (χ0v) is 10.7. The number of anilines is 1. The highest BCUT2D eigenvalue weighted by Gasteiger charge is 2.10. The fourth-order valence-electron chi connectivity index (χ4n) is 1.93. The highest BCUT2D eigenvalue weighted by Crippen LogP contribution is 2.22. The van der Waals surface area contributed by atoms with Gasteiger partial charge in [-0.1, -0.05) is 12.1 Å². The van der Waals surface area contributed by atoms with Crippen molar-refractivity contribution in [2.75, 3.05) is 18.4 Å². The second kappa shape index (κ2) is 5.49. The van der Waals surface area contributed by atoms with Crippen LogP contribution in [-0.2, 0) is 0 Å². The maximum Gasteiger partial charge on any atom is 0.321 e. The van der Waals surface area contributed by atoms with Crippen LogP contribution < -0.4 is 5.32 Å². The fraction of sp³-hybridized carbons (Fsp3) is 0.286. The Morgan fingerprint density at radius 3 is 2.78 bits per heavy atom. The van der Waals surface area contributed by atoms with E-state index >= 15 is 0 Å². The van der Waals surface area contributed by atoms with E-state index in [1.165, 1.54) is 0 Å². The number of rotatable bonds is 3. The molecule has 2 aromatic rings. The molecule has 2 rings (SSSR count). The van der Waals surface area contributed by atoms with Gasteiger partial charge in [0.25, 0.3) is 0 Å². The van der Waals surface area contributed by atoms with E-state index in [4.69, 9.17) is 0 Å². The molecule has 0 unspecified atom stereocenters. The molecule has 0 saturated heterocycles. The van der Waals surface area contributed by atoms with Crippen LogP contribution in [0.15, 0.2) is 36.7 Å². The number of amides is 2. The van der Waals surface area contributed by atoms with E-state index in [2.05, 4.69) is 10.3 Å². The van der Waals surface area contributed by atoms with Crippen LogP contribution in [0.3, 0.4) is 0 Å². The number of carbonyl (C=O) groups is 1. The lowest BCUT2D eigenvalue weighted by atomic mass is 10.1. The molecule has 1 N–H and O–H groups in total. The summed E-state index contributed by atoms with van der Waals surface area (Å²) in [6, 6.07) is 7.69. The summed E-state index contributed by atoms with van der Waals surface area (Å²) >= 11 is 0. The number of hydrogen-bond acceptors (Lipinski definition) is 2. The summed E-state index contributed by atoms with van der Waals surface area (Å²) in [6.07, 6.45) is 3.52. The Balaban J connectivity index is 2.29. The molecule has 4 heteroatoms. The molecule has 1 aromatic heterocycles. The first-order valence-electron chi connectivity index (χ1n) is 6.15. The first kappa shape index (κ1) is 12.4. The Hall–Kier alpha value is -2.10. The number of urea groups is 1. The summed E-state index contributed by atoms with van der Waals surface area (Å²) in [4.78, 5) is 17.9. The molecule has 0 fully saturated rings. The van der Waals surface area contributed by atoms with Crippen molar-refractivity contribution in [3.63, 3.8) is 0 Å². The molecular formula is C14H17N3O. The lowest BCUT2D eigenvalue weighted by Crippen LogP contribution is -2.34.